The van der Waals surface area contributed by atoms with Gasteiger partial charge < -0.3 is 0 Å². The molecule has 3 nitrogen and oxygen atoms in total. The Labute approximate surface area is 91.8 Å². The lowest BCUT2D eigenvalue weighted by atomic mass is 10.1. The molecule has 2 aromatic rings. The number of benzene rings is 1. The summed E-state index contributed by atoms with van der Waals surface area (Å²) in [6, 6.07) is 9.88. The standard InChI is InChI=1S/C11H9ClN2O/c12-10-9(7-13-11(15)14-10)6-8-4-2-1-3-5-8/h1-5,7H,6H2,(H,13,14,15). The lowest BCUT2D eigenvalue weighted by Crippen LogP contribution is -2.11. The molecule has 0 aliphatic carbocycles. The summed E-state index contributed by atoms with van der Waals surface area (Å²) < 4.78 is 0. The maximum absolute atomic E-state index is 10.8. The smallest absolute Gasteiger partial charge is 0.296 e. The third-order valence-electron chi connectivity index (χ3n) is 2.07. The van der Waals surface area contributed by atoms with Crippen LogP contribution >= 0.6 is 11.6 Å². The molecule has 1 aromatic carbocycles. The highest BCUT2D eigenvalue weighted by atomic mass is 35.5. The Balaban J connectivity index is 2.29. The van der Waals surface area contributed by atoms with E-state index in [2.05, 4.69) is 9.97 Å². The molecule has 0 spiro atoms. The zero-order valence-electron chi connectivity index (χ0n) is 7.90. The van der Waals surface area contributed by atoms with Gasteiger partial charge in [0, 0.05) is 18.2 Å². The Morgan fingerprint density at radius 3 is 2.67 bits per heavy atom. The van der Waals surface area contributed by atoms with Crippen LogP contribution in [0.5, 0.6) is 0 Å². The van der Waals surface area contributed by atoms with Gasteiger partial charge in [-0.05, 0) is 5.56 Å². The van der Waals surface area contributed by atoms with Crippen LogP contribution in [0.25, 0.3) is 0 Å². The number of hydrogen-bond acceptors (Lipinski definition) is 2. The van der Waals surface area contributed by atoms with Crippen molar-refractivity contribution in [2.24, 2.45) is 0 Å². The van der Waals surface area contributed by atoms with Gasteiger partial charge in [0.25, 0.3) is 0 Å². The molecule has 4 heteroatoms. The van der Waals surface area contributed by atoms with Crippen LogP contribution in [0.4, 0.5) is 0 Å². The average molecular weight is 221 g/mol. The minimum atomic E-state index is -0.420. The molecule has 0 radical (unpaired) electrons. The van der Waals surface area contributed by atoms with Gasteiger partial charge in [0.05, 0.1) is 0 Å². The minimum absolute atomic E-state index is 0.360. The molecule has 0 amide bonds. The van der Waals surface area contributed by atoms with Gasteiger partial charge in [0.2, 0.25) is 0 Å². The third kappa shape index (κ3) is 2.44. The maximum Gasteiger partial charge on any atom is 0.346 e. The predicted molar refractivity (Wildman–Crippen MR) is 59.1 cm³/mol. The van der Waals surface area contributed by atoms with Crippen LogP contribution in [0.3, 0.4) is 0 Å². The van der Waals surface area contributed by atoms with Gasteiger partial charge in [-0.1, -0.05) is 41.9 Å². The SMILES string of the molecule is O=c1ncc(Cc2ccccc2)c(Cl)[nH]1. The molecular formula is C11H9ClN2O. The first-order valence-corrected chi connectivity index (χ1v) is 4.91. The number of rotatable bonds is 2. The second kappa shape index (κ2) is 4.28. The highest BCUT2D eigenvalue weighted by Crippen LogP contribution is 2.14. The number of aromatic amines is 1. The molecule has 76 valence electrons. The first-order chi connectivity index (χ1) is 7.25. The van der Waals surface area contributed by atoms with Crippen molar-refractivity contribution >= 4 is 11.6 Å². The molecular weight excluding hydrogens is 212 g/mol. The summed E-state index contributed by atoms with van der Waals surface area (Å²) in [4.78, 5) is 16.9. The lowest BCUT2D eigenvalue weighted by molar-refractivity contribution is 1.02. The first-order valence-electron chi connectivity index (χ1n) is 4.53. The van der Waals surface area contributed by atoms with Gasteiger partial charge in [-0.25, -0.2) is 9.78 Å². The minimum Gasteiger partial charge on any atom is -0.296 e. The average Bonchev–Trinajstić information content (AvgIpc) is 2.24. The Morgan fingerprint density at radius 1 is 1.27 bits per heavy atom. The van der Waals surface area contributed by atoms with Crippen molar-refractivity contribution in [3.63, 3.8) is 0 Å². The molecule has 0 aliphatic rings. The lowest BCUT2D eigenvalue weighted by Gasteiger charge is -2.02. The molecule has 0 saturated carbocycles. The van der Waals surface area contributed by atoms with E-state index >= 15 is 0 Å². The zero-order chi connectivity index (χ0) is 10.7. The topological polar surface area (TPSA) is 45.8 Å². The Bertz CT molecular complexity index is 507. The van der Waals surface area contributed by atoms with Crippen molar-refractivity contribution in [3.05, 3.63) is 63.3 Å². The molecule has 15 heavy (non-hydrogen) atoms. The number of H-pyrrole nitrogens is 1. The predicted octanol–water partition coefficient (Wildman–Crippen LogP) is 2.01. The molecule has 2 rings (SSSR count). The zero-order valence-corrected chi connectivity index (χ0v) is 8.66. The van der Waals surface area contributed by atoms with E-state index in [4.69, 9.17) is 11.6 Å². The van der Waals surface area contributed by atoms with E-state index < -0.39 is 5.69 Å². The van der Waals surface area contributed by atoms with Gasteiger partial charge in [-0.2, -0.15) is 0 Å². The fourth-order valence-corrected chi connectivity index (χ4v) is 1.54. The van der Waals surface area contributed by atoms with Crippen molar-refractivity contribution in [1.29, 1.82) is 0 Å². The monoisotopic (exact) mass is 220 g/mol. The largest absolute Gasteiger partial charge is 0.346 e. The molecule has 0 fully saturated rings. The Kier molecular flexibility index (Phi) is 2.83. The number of hydrogen-bond donors (Lipinski definition) is 1. The summed E-state index contributed by atoms with van der Waals surface area (Å²) in [6.45, 7) is 0. The van der Waals surface area contributed by atoms with E-state index in [-0.39, 0.29) is 0 Å². The van der Waals surface area contributed by atoms with Gasteiger partial charge >= 0.3 is 5.69 Å². The quantitative estimate of drug-likeness (QED) is 0.787. The van der Waals surface area contributed by atoms with Gasteiger partial charge in [-0.3, -0.25) is 4.98 Å². The molecule has 0 aliphatic heterocycles. The van der Waals surface area contributed by atoms with E-state index in [0.717, 1.165) is 11.1 Å². The number of nitrogens with zero attached hydrogens (tertiary/aromatic N) is 1. The van der Waals surface area contributed by atoms with Gasteiger partial charge in [-0.15, -0.1) is 0 Å². The van der Waals surface area contributed by atoms with Crippen molar-refractivity contribution in [1.82, 2.24) is 9.97 Å². The van der Waals surface area contributed by atoms with Crippen LogP contribution in [0.2, 0.25) is 5.15 Å². The Morgan fingerprint density at radius 2 is 2.00 bits per heavy atom. The molecule has 1 heterocycles. The highest BCUT2D eigenvalue weighted by Gasteiger charge is 2.02. The van der Waals surface area contributed by atoms with Crippen LogP contribution in [0.15, 0.2) is 41.3 Å². The maximum atomic E-state index is 10.8. The molecule has 1 aromatic heterocycles. The first kappa shape index (κ1) is 9.93. The fourth-order valence-electron chi connectivity index (χ4n) is 1.34. The van der Waals surface area contributed by atoms with Crippen molar-refractivity contribution in [2.45, 2.75) is 6.42 Å². The third-order valence-corrected chi connectivity index (χ3v) is 2.41. The summed E-state index contributed by atoms with van der Waals surface area (Å²) in [6.07, 6.45) is 2.18. The van der Waals surface area contributed by atoms with Crippen LogP contribution in [-0.2, 0) is 6.42 Å². The van der Waals surface area contributed by atoms with Gasteiger partial charge in [0.1, 0.15) is 5.15 Å². The second-order valence-corrected chi connectivity index (χ2v) is 3.57. The van der Waals surface area contributed by atoms with E-state index in [9.17, 15) is 4.79 Å². The summed E-state index contributed by atoms with van der Waals surface area (Å²) in [5.41, 5.74) is 1.53. The normalized spacial score (nSPS) is 10.2. The molecule has 0 saturated heterocycles. The van der Waals surface area contributed by atoms with Crippen LogP contribution in [0, 0.1) is 0 Å². The van der Waals surface area contributed by atoms with Crippen LogP contribution < -0.4 is 5.69 Å². The van der Waals surface area contributed by atoms with E-state index in [1.165, 1.54) is 6.20 Å². The molecule has 0 bridgehead atoms. The number of nitrogens with one attached hydrogen (secondary N) is 1. The molecule has 0 unspecified atom stereocenters. The van der Waals surface area contributed by atoms with Crippen molar-refractivity contribution in [3.8, 4) is 0 Å². The van der Waals surface area contributed by atoms with Crippen molar-refractivity contribution in [2.75, 3.05) is 0 Å². The summed E-state index contributed by atoms with van der Waals surface area (Å²) in [5.74, 6) is 0. The van der Waals surface area contributed by atoms with Crippen LogP contribution in [-0.4, -0.2) is 9.97 Å². The highest BCUT2D eigenvalue weighted by molar-refractivity contribution is 6.30. The summed E-state index contributed by atoms with van der Waals surface area (Å²) in [7, 11) is 0. The van der Waals surface area contributed by atoms with Gasteiger partial charge in [0.15, 0.2) is 0 Å². The number of aromatic nitrogens is 2. The number of halogens is 1. The Hall–Kier alpha value is -1.61. The van der Waals surface area contributed by atoms with Crippen molar-refractivity contribution < 1.29 is 0 Å². The second-order valence-electron chi connectivity index (χ2n) is 3.19. The summed E-state index contributed by atoms with van der Waals surface area (Å²) in [5, 5.41) is 0.360. The van der Waals surface area contributed by atoms with E-state index in [0.29, 0.717) is 11.6 Å². The van der Waals surface area contributed by atoms with Crippen LogP contribution in [0.1, 0.15) is 11.1 Å². The fraction of sp³-hybridized carbons (Fsp3) is 0.0909. The van der Waals surface area contributed by atoms with E-state index in [1.807, 2.05) is 30.3 Å². The molecule has 1 N–H and O–H groups in total. The van der Waals surface area contributed by atoms with E-state index in [1.54, 1.807) is 0 Å². The summed E-state index contributed by atoms with van der Waals surface area (Å²) >= 11 is 5.88. The molecule has 0 atom stereocenters.